The van der Waals surface area contributed by atoms with Gasteiger partial charge in [-0.2, -0.15) is 5.10 Å². The van der Waals surface area contributed by atoms with Gasteiger partial charge in [-0.1, -0.05) is 0 Å². The number of rotatable bonds is 4. The van der Waals surface area contributed by atoms with Gasteiger partial charge >= 0.3 is 0 Å². The number of hydrogen-bond acceptors (Lipinski definition) is 4. The third kappa shape index (κ3) is 2.50. The number of carbonyl (C=O) groups excluding carboxylic acids is 1. The lowest BCUT2D eigenvalue weighted by Gasteiger charge is -2.05. The Bertz CT molecular complexity index is 534. The molecular formula is C12H13N3O2. The molecule has 2 aromatic rings. The Morgan fingerprint density at radius 3 is 2.94 bits per heavy atom. The fourth-order valence-corrected chi connectivity index (χ4v) is 1.62. The monoisotopic (exact) mass is 231 g/mol. The van der Waals surface area contributed by atoms with Crippen LogP contribution in [0, 0.1) is 0 Å². The number of methoxy groups -OCH3 is 1. The highest BCUT2D eigenvalue weighted by molar-refractivity contribution is 5.99. The normalized spacial score (nSPS) is 10.2. The van der Waals surface area contributed by atoms with E-state index in [1.807, 2.05) is 13.2 Å². The molecule has 0 amide bonds. The first-order valence-corrected chi connectivity index (χ1v) is 5.19. The van der Waals surface area contributed by atoms with Crippen molar-refractivity contribution in [3.63, 3.8) is 0 Å². The summed E-state index contributed by atoms with van der Waals surface area (Å²) in [5.41, 5.74) is 1.43. The minimum Gasteiger partial charge on any atom is -0.494 e. The van der Waals surface area contributed by atoms with Crippen LogP contribution in [0.1, 0.15) is 15.9 Å². The molecule has 2 heterocycles. The first kappa shape index (κ1) is 11.3. The minimum atomic E-state index is -0.00255. The molecule has 0 aromatic carbocycles. The molecule has 17 heavy (non-hydrogen) atoms. The van der Waals surface area contributed by atoms with Gasteiger partial charge in [0.1, 0.15) is 5.75 Å². The largest absolute Gasteiger partial charge is 0.494 e. The summed E-state index contributed by atoms with van der Waals surface area (Å²) in [6.07, 6.45) is 6.95. The van der Waals surface area contributed by atoms with E-state index >= 15 is 0 Å². The zero-order chi connectivity index (χ0) is 12.3. The Balaban J connectivity index is 2.20. The molecule has 88 valence electrons. The minimum absolute atomic E-state index is 0.00255. The number of ether oxygens (including phenoxy) is 1. The van der Waals surface area contributed by atoms with Crippen molar-refractivity contribution in [2.24, 2.45) is 7.05 Å². The fourth-order valence-electron chi connectivity index (χ4n) is 1.62. The zero-order valence-corrected chi connectivity index (χ0v) is 9.75. The average molecular weight is 231 g/mol. The molecule has 2 rings (SSSR count). The van der Waals surface area contributed by atoms with Gasteiger partial charge in [0.25, 0.3) is 0 Å². The maximum absolute atomic E-state index is 12.1. The Labute approximate surface area is 99.1 Å². The first-order chi connectivity index (χ1) is 8.20. The Hall–Kier alpha value is -2.17. The molecule has 0 fully saturated rings. The molecule has 0 saturated carbocycles. The van der Waals surface area contributed by atoms with Crippen LogP contribution < -0.4 is 4.74 Å². The second-order valence-electron chi connectivity index (χ2n) is 3.70. The summed E-state index contributed by atoms with van der Waals surface area (Å²) in [4.78, 5) is 16.0. The van der Waals surface area contributed by atoms with Crippen molar-refractivity contribution in [3.8, 4) is 5.75 Å². The third-order valence-electron chi connectivity index (χ3n) is 2.43. The van der Waals surface area contributed by atoms with E-state index in [4.69, 9.17) is 4.74 Å². The van der Waals surface area contributed by atoms with E-state index in [2.05, 4.69) is 10.1 Å². The predicted molar refractivity (Wildman–Crippen MR) is 62.0 cm³/mol. The van der Waals surface area contributed by atoms with Crippen LogP contribution in [0.25, 0.3) is 0 Å². The molecule has 0 bridgehead atoms. The maximum atomic E-state index is 12.1. The van der Waals surface area contributed by atoms with Crippen LogP contribution in [0.5, 0.6) is 5.75 Å². The number of pyridine rings is 1. The lowest BCUT2D eigenvalue weighted by molar-refractivity contribution is 0.0990. The Kier molecular flexibility index (Phi) is 3.18. The summed E-state index contributed by atoms with van der Waals surface area (Å²) in [5.74, 6) is 0.499. The Morgan fingerprint density at radius 2 is 2.29 bits per heavy atom. The highest BCUT2D eigenvalue weighted by Gasteiger charge is 2.13. The average Bonchev–Trinajstić information content (AvgIpc) is 2.74. The highest BCUT2D eigenvalue weighted by atomic mass is 16.5. The van der Waals surface area contributed by atoms with Gasteiger partial charge < -0.3 is 4.74 Å². The lowest BCUT2D eigenvalue weighted by Crippen LogP contribution is -2.05. The molecule has 0 radical (unpaired) electrons. The summed E-state index contributed by atoms with van der Waals surface area (Å²) in [6, 6.07) is 1.66. The Morgan fingerprint density at radius 1 is 1.47 bits per heavy atom. The van der Waals surface area contributed by atoms with E-state index in [1.54, 1.807) is 23.1 Å². The number of aryl methyl sites for hydroxylation is 1. The van der Waals surface area contributed by atoms with E-state index in [0.717, 1.165) is 5.56 Å². The summed E-state index contributed by atoms with van der Waals surface area (Å²) in [7, 11) is 3.35. The lowest BCUT2D eigenvalue weighted by atomic mass is 10.1. The van der Waals surface area contributed by atoms with Crippen molar-refractivity contribution in [2.75, 3.05) is 7.11 Å². The highest BCUT2D eigenvalue weighted by Crippen LogP contribution is 2.17. The molecule has 0 unspecified atom stereocenters. The molecule has 0 aliphatic carbocycles. The summed E-state index contributed by atoms with van der Waals surface area (Å²) < 4.78 is 6.78. The summed E-state index contributed by atoms with van der Waals surface area (Å²) in [5, 5.41) is 4.03. The number of Topliss-reactive ketones (excluding diaryl/α,β-unsaturated/α-hetero) is 1. The van der Waals surface area contributed by atoms with E-state index < -0.39 is 0 Å². The van der Waals surface area contributed by atoms with E-state index in [1.165, 1.54) is 13.3 Å². The molecule has 0 spiro atoms. The summed E-state index contributed by atoms with van der Waals surface area (Å²) in [6.45, 7) is 0. The van der Waals surface area contributed by atoms with Crippen LogP contribution in [-0.4, -0.2) is 27.7 Å². The SMILES string of the molecule is COc1cnccc1C(=O)Cc1cnn(C)c1. The van der Waals surface area contributed by atoms with E-state index in [-0.39, 0.29) is 5.78 Å². The molecule has 0 aliphatic heterocycles. The zero-order valence-electron chi connectivity index (χ0n) is 9.75. The molecule has 5 nitrogen and oxygen atoms in total. The topological polar surface area (TPSA) is 57.0 Å². The van der Waals surface area contributed by atoms with Crippen molar-refractivity contribution in [1.29, 1.82) is 0 Å². The van der Waals surface area contributed by atoms with Crippen molar-refractivity contribution in [3.05, 3.63) is 42.0 Å². The summed E-state index contributed by atoms with van der Waals surface area (Å²) >= 11 is 0. The van der Waals surface area contributed by atoms with Gasteiger partial charge in [0.2, 0.25) is 0 Å². The number of aromatic nitrogens is 3. The van der Waals surface area contributed by atoms with Crippen LogP contribution >= 0.6 is 0 Å². The van der Waals surface area contributed by atoms with Crippen molar-refractivity contribution in [1.82, 2.24) is 14.8 Å². The molecule has 2 aromatic heterocycles. The van der Waals surface area contributed by atoms with Gasteiger partial charge in [-0.05, 0) is 11.6 Å². The van der Waals surface area contributed by atoms with Gasteiger partial charge in [-0.15, -0.1) is 0 Å². The van der Waals surface area contributed by atoms with Crippen LogP contribution in [0.3, 0.4) is 0 Å². The number of hydrogen-bond donors (Lipinski definition) is 0. The molecule has 0 atom stereocenters. The van der Waals surface area contributed by atoms with E-state index in [9.17, 15) is 4.79 Å². The number of nitrogens with zero attached hydrogens (tertiary/aromatic N) is 3. The van der Waals surface area contributed by atoms with Crippen LogP contribution in [0.2, 0.25) is 0 Å². The quantitative estimate of drug-likeness (QED) is 0.743. The third-order valence-corrected chi connectivity index (χ3v) is 2.43. The van der Waals surface area contributed by atoms with Gasteiger partial charge in [0.05, 0.1) is 25.1 Å². The van der Waals surface area contributed by atoms with Crippen LogP contribution in [0.15, 0.2) is 30.9 Å². The fraction of sp³-hybridized carbons (Fsp3) is 0.250. The maximum Gasteiger partial charge on any atom is 0.171 e. The molecule has 0 saturated heterocycles. The van der Waals surface area contributed by atoms with Crippen molar-refractivity contribution < 1.29 is 9.53 Å². The van der Waals surface area contributed by atoms with Gasteiger partial charge in [0, 0.05) is 25.9 Å². The molecular weight excluding hydrogens is 218 g/mol. The standard InChI is InChI=1S/C12H13N3O2/c1-15-8-9(6-14-15)5-11(16)10-3-4-13-7-12(10)17-2/h3-4,6-8H,5H2,1-2H3. The van der Waals surface area contributed by atoms with Gasteiger partial charge in [-0.3, -0.25) is 14.5 Å². The van der Waals surface area contributed by atoms with Crippen LogP contribution in [0.4, 0.5) is 0 Å². The van der Waals surface area contributed by atoms with Crippen molar-refractivity contribution in [2.45, 2.75) is 6.42 Å². The van der Waals surface area contributed by atoms with Gasteiger partial charge in [0.15, 0.2) is 5.78 Å². The van der Waals surface area contributed by atoms with Gasteiger partial charge in [-0.25, -0.2) is 0 Å². The predicted octanol–water partition coefficient (Wildman–Crippen LogP) is 1.25. The van der Waals surface area contributed by atoms with Crippen LogP contribution in [-0.2, 0) is 13.5 Å². The first-order valence-electron chi connectivity index (χ1n) is 5.19. The molecule has 0 N–H and O–H groups in total. The second kappa shape index (κ2) is 4.78. The number of ketones is 1. The smallest absolute Gasteiger partial charge is 0.171 e. The second-order valence-corrected chi connectivity index (χ2v) is 3.70. The molecule has 5 heteroatoms. The van der Waals surface area contributed by atoms with Crippen molar-refractivity contribution >= 4 is 5.78 Å². The number of carbonyl (C=O) groups is 1. The molecule has 0 aliphatic rings. The van der Waals surface area contributed by atoms with E-state index in [0.29, 0.717) is 17.7 Å².